The van der Waals surface area contributed by atoms with Crippen LogP contribution in [-0.4, -0.2) is 23.3 Å². The summed E-state index contributed by atoms with van der Waals surface area (Å²) in [5.41, 5.74) is 0.433. The van der Waals surface area contributed by atoms with E-state index in [0.29, 0.717) is 17.1 Å². The zero-order chi connectivity index (χ0) is 16.1. The maximum absolute atomic E-state index is 10.2. The molecule has 21 heavy (non-hydrogen) atoms. The van der Waals surface area contributed by atoms with Crippen LogP contribution in [0.2, 0.25) is 0 Å². The molecule has 2 rings (SSSR count). The smallest absolute Gasteiger partial charge is 0.332 e. The molecule has 0 fully saturated rings. The molecule has 2 aromatic rings. The van der Waals surface area contributed by atoms with Crippen molar-refractivity contribution in [2.45, 2.75) is 6.92 Å². The molecule has 0 bridgehead atoms. The molecular formula is C17H20O4. The van der Waals surface area contributed by atoms with E-state index in [1.54, 1.807) is 55.5 Å². The van der Waals surface area contributed by atoms with Gasteiger partial charge in [-0.25, -0.2) is 4.79 Å². The van der Waals surface area contributed by atoms with Crippen LogP contribution in [0, 0.1) is 0 Å². The van der Waals surface area contributed by atoms with Crippen molar-refractivity contribution in [1.29, 1.82) is 0 Å². The number of benzene rings is 2. The van der Waals surface area contributed by atoms with Gasteiger partial charge in [-0.2, -0.15) is 0 Å². The summed E-state index contributed by atoms with van der Waals surface area (Å²) in [6, 6.07) is 17.4. The van der Waals surface area contributed by atoms with Crippen LogP contribution < -0.4 is 0 Å². The van der Waals surface area contributed by atoms with Crippen LogP contribution in [-0.2, 0) is 9.53 Å². The Morgan fingerprint density at radius 3 is 1.33 bits per heavy atom. The molecule has 0 atom stereocenters. The molecule has 4 nitrogen and oxygen atoms in total. The van der Waals surface area contributed by atoms with Crippen molar-refractivity contribution in [3.8, 4) is 11.5 Å². The van der Waals surface area contributed by atoms with Crippen molar-refractivity contribution < 1.29 is 19.7 Å². The van der Waals surface area contributed by atoms with E-state index in [-0.39, 0.29) is 5.97 Å². The molecule has 0 amide bonds. The van der Waals surface area contributed by atoms with E-state index in [1.807, 2.05) is 12.1 Å². The topological polar surface area (TPSA) is 66.8 Å². The summed E-state index contributed by atoms with van der Waals surface area (Å²) in [5.74, 6) is 0.296. The molecule has 0 aliphatic carbocycles. The first-order chi connectivity index (χ1) is 9.97. The molecule has 0 radical (unpaired) electrons. The second kappa shape index (κ2) is 11.1. The lowest BCUT2D eigenvalue weighted by molar-refractivity contribution is -0.136. The van der Waals surface area contributed by atoms with Gasteiger partial charge in [-0.05, 0) is 31.2 Å². The number of hydrogen-bond donors (Lipinski definition) is 2. The molecule has 0 aliphatic heterocycles. The summed E-state index contributed by atoms with van der Waals surface area (Å²) in [6.07, 6.45) is 0. The van der Waals surface area contributed by atoms with Gasteiger partial charge < -0.3 is 14.9 Å². The van der Waals surface area contributed by atoms with E-state index >= 15 is 0 Å². The Balaban J connectivity index is 0.000000286. The average Bonchev–Trinajstić information content (AvgIpc) is 2.49. The minimum absolute atomic E-state index is 0.322. The van der Waals surface area contributed by atoms with Gasteiger partial charge in [0.2, 0.25) is 0 Å². The number of ether oxygens (including phenoxy) is 1. The first-order valence-corrected chi connectivity index (χ1v) is 6.19. The van der Waals surface area contributed by atoms with Crippen LogP contribution in [0.3, 0.4) is 0 Å². The van der Waals surface area contributed by atoms with E-state index in [9.17, 15) is 4.79 Å². The fourth-order valence-electron chi connectivity index (χ4n) is 1.03. The molecule has 0 spiro atoms. The van der Waals surface area contributed by atoms with Crippen LogP contribution in [0.25, 0.3) is 0 Å². The van der Waals surface area contributed by atoms with Crippen LogP contribution in [0.15, 0.2) is 72.8 Å². The number of carbonyl (C=O) groups is 1. The quantitative estimate of drug-likeness (QED) is 0.622. The summed E-state index contributed by atoms with van der Waals surface area (Å²) >= 11 is 0. The molecule has 0 unspecified atom stereocenters. The third kappa shape index (κ3) is 10.8. The number of phenols is 2. The number of methoxy groups -OCH3 is 1. The third-order valence-electron chi connectivity index (χ3n) is 2.05. The van der Waals surface area contributed by atoms with Gasteiger partial charge >= 0.3 is 5.97 Å². The van der Waals surface area contributed by atoms with E-state index in [1.165, 1.54) is 7.11 Å². The Morgan fingerprint density at radius 1 is 0.905 bits per heavy atom. The van der Waals surface area contributed by atoms with E-state index in [2.05, 4.69) is 11.3 Å². The standard InChI is InChI=1S/2C6H6O.C5H8O2/c2*7-6-4-2-1-3-5-6;1-4(2)5(6)7-3/h2*1-5,7H;1H2,2-3H3. The van der Waals surface area contributed by atoms with Crippen LogP contribution in [0.4, 0.5) is 0 Å². The zero-order valence-corrected chi connectivity index (χ0v) is 12.2. The molecular weight excluding hydrogens is 268 g/mol. The maximum atomic E-state index is 10.2. The van der Waals surface area contributed by atoms with Gasteiger partial charge in [0, 0.05) is 5.57 Å². The molecule has 2 aromatic carbocycles. The first kappa shape index (κ1) is 18.2. The molecule has 0 saturated heterocycles. The number of rotatable bonds is 1. The highest BCUT2D eigenvalue weighted by Gasteiger charge is 1.95. The number of para-hydroxylation sites is 2. The predicted molar refractivity (Wildman–Crippen MR) is 83.0 cm³/mol. The van der Waals surface area contributed by atoms with Crippen molar-refractivity contribution in [2.75, 3.05) is 7.11 Å². The lowest BCUT2D eigenvalue weighted by atomic mass is 10.3. The van der Waals surface area contributed by atoms with Gasteiger partial charge in [0.25, 0.3) is 0 Å². The van der Waals surface area contributed by atoms with Crippen LogP contribution in [0.1, 0.15) is 6.92 Å². The number of esters is 1. The molecule has 4 heteroatoms. The fourth-order valence-corrected chi connectivity index (χ4v) is 1.03. The highest BCUT2D eigenvalue weighted by atomic mass is 16.5. The first-order valence-electron chi connectivity index (χ1n) is 6.19. The third-order valence-corrected chi connectivity index (χ3v) is 2.05. The van der Waals surface area contributed by atoms with Gasteiger partial charge in [0.15, 0.2) is 0 Å². The monoisotopic (exact) mass is 288 g/mol. The molecule has 0 saturated carbocycles. The molecule has 0 heterocycles. The van der Waals surface area contributed by atoms with Gasteiger partial charge in [0.05, 0.1) is 7.11 Å². The highest BCUT2D eigenvalue weighted by Crippen LogP contribution is 2.03. The largest absolute Gasteiger partial charge is 0.508 e. The normalized spacial score (nSPS) is 8.29. The van der Waals surface area contributed by atoms with Crippen LogP contribution >= 0.6 is 0 Å². The van der Waals surface area contributed by atoms with Gasteiger partial charge in [-0.1, -0.05) is 43.0 Å². The van der Waals surface area contributed by atoms with Crippen molar-refractivity contribution >= 4 is 5.97 Å². The lowest BCUT2D eigenvalue weighted by Gasteiger charge is -1.91. The number of aromatic hydroxyl groups is 2. The Hall–Kier alpha value is -2.75. The molecule has 112 valence electrons. The SMILES string of the molecule is C=C(C)C(=O)OC.Oc1ccccc1.Oc1ccccc1. The minimum Gasteiger partial charge on any atom is -0.508 e. The Morgan fingerprint density at radius 2 is 1.24 bits per heavy atom. The minimum atomic E-state index is -0.347. The maximum Gasteiger partial charge on any atom is 0.332 e. The van der Waals surface area contributed by atoms with Gasteiger partial charge in [-0.3, -0.25) is 0 Å². The fraction of sp³-hybridized carbons (Fsp3) is 0.118. The van der Waals surface area contributed by atoms with Crippen LogP contribution in [0.5, 0.6) is 11.5 Å². The summed E-state index contributed by atoms with van der Waals surface area (Å²) < 4.78 is 4.27. The van der Waals surface area contributed by atoms with E-state index in [4.69, 9.17) is 10.2 Å². The van der Waals surface area contributed by atoms with Crippen molar-refractivity contribution in [2.24, 2.45) is 0 Å². The second-order valence-electron chi connectivity index (χ2n) is 3.94. The van der Waals surface area contributed by atoms with Gasteiger partial charge in [0.1, 0.15) is 11.5 Å². The Kier molecular flexibility index (Phi) is 9.65. The zero-order valence-electron chi connectivity index (χ0n) is 12.2. The number of phenolic OH excluding ortho intramolecular Hbond substituents is 2. The predicted octanol–water partition coefficient (Wildman–Crippen LogP) is 3.52. The second-order valence-corrected chi connectivity index (χ2v) is 3.94. The lowest BCUT2D eigenvalue weighted by Crippen LogP contribution is -1.98. The molecule has 2 N–H and O–H groups in total. The van der Waals surface area contributed by atoms with Crippen molar-refractivity contribution in [3.63, 3.8) is 0 Å². The summed E-state index contributed by atoms with van der Waals surface area (Å²) in [5, 5.41) is 17.3. The van der Waals surface area contributed by atoms with E-state index in [0.717, 1.165) is 0 Å². The summed E-state index contributed by atoms with van der Waals surface area (Å²) in [7, 11) is 1.33. The van der Waals surface area contributed by atoms with E-state index < -0.39 is 0 Å². The summed E-state index contributed by atoms with van der Waals surface area (Å²) in [6.45, 7) is 4.95. The Labute approximate surface area is 124 Å². The Bertz CT molecular complexity index is 484. The molecule has 0 aliphatic rings. The average molecular weight is 288 g/mol. The van der Waals surface area contributed by atoms with Gasteiger partial charge in [-0.15, -0.1) is 0 Å². The molecule has 0 aromatic heterocycles. The summed E-state index contributed by atoms with van der Waals surface area (Å²) in [4.78, 5) is 10.2. The van der Waals surface area contributed by atoms with Crippen molar-refractivity contribution in [1.82, 2.24) is 0 Å². The highest BCUT2D eigenvalue weighted by molar-refractivity contribution is 5.86. The number of carbonyl (C=O) groups excluding carboxylic acids is 1. The number of hydrogen-bond acceptors (Lipinski definition) is 4. The van der Waals surface area contributed by atoms with Crippen molar-refractivity contribution in [3.05, 3.63) is 72.8 Å².